The van der Waals surface area contributed by atoms with Crippen LogP contribution in [0.2, 0.25) is 0 Å². The lowest BCUT2D eigenvalue weighted by atomic mass is 10.1. The van der Waals surface area contributed by atoms with Crippen molar-refractivity contribution < 1.29 is 14.3 Å². The molecule has 2 rings (SSSR count). The highest BCUT2D eigenvalue weighted by molar-refractivity contribution is 5.77. The fraction of sp³-hybridized carbons (Fsp3) is 0.471. The van der Waals surface area contributed by atoms with Crippen LogP contribution >= 0.6 is 0 Å². The lowest BCUT2D eigenvalue weighted by molar-refractivity contribution is 0.280. The van der Waals surface area contributed by atoms with Gasteiger partial charge in [0, 0.05) is 24.1 Å². The van der Waals surface area contributed by atoms with Crippen molar-refractivity contribution in [3.8, 4) is 5.75 Å². The van der Waals surface area contributed by atoms with Crippen molar-refractivity contribution in [1.82, 2.24) is 0 Å². The van der Waals surface area contributed by atoms with E-state index in [1.54, 1.807) is 12.1 Å². The molecule has 1 heterocycles. The third-order valence-electron chi connectivity index (χ3n) is 3.42. The molecule has 1 aromatic heterocycles. The summed E-state index contributed by atoms with van der Waals surface area (Å²) in [6.07, 6.45) is 6.49. The molecule has 0 fully saturated rings. The van der Waals surface area contributed by atoms with Crippen LogP contribution < -0.4 is 10.4 Å². The zero-order valence-electron chi connectivity index (χ0n) is 12.2. The van der Waals surface area contributed by atoms with Gasteiger partial charge in [-0.05, 0) is 31.0 Å². The second kappa shape index (κ2) is 8.47. The maximum absolute atomic E-state index is 11.2. The number of aliphatic hydroxyl groups is 1. The molecular formula is C17H22O4. The fourth-order valence-corrected chi connectivity index (χ4v) is 2.24. The number of hydrogen-bond donors (Lipinski definition) is 1. The zero-order chi connectivity index (χ0) is 14.9. The predicted molar refractivity (Wildman–Crippen MR) is 82.8 cm³/mol. The van der Waals surface area contributed by atoms with E-state index in [1.807, 2.05) is 12.1 Å². The molecule has 0 spiro atoms. The summed E-state index contributed by atoms with van der Waals surface area (Å²) in [6, 6.07) is 8.71. The molecule has 4 nitrogen and oxygen atoms in total. The van der Waals surface area contributed by atoms with Crippen LogP contribution in [0.5, 0.6) is 5.75 Å². The van der Waals surface area contributed by atoms with Crippen molar-refractivity contribution in [3.63, 3.8) is 0 Å². The van der Waals surface area contributed by atoms with Gasteiger partial charge in [0.1, 0.15) is 11.3 Å². The first-order valence-electron chi connectivity index (χ1n) is 7.57. The Morgan fingerprint density at radius 2 is 1.67 bits per heavy atom. The summed E-state index contributed by atoms with van der Waals surface area (Å²) >= 11 is 0. The molecule has 0 radical (unpaired) electrons. The molecule has 0 unspecified atom stereocenters. The number of benzene rings is 1. The SMILES string of the molecule is O=c1ccc2ccc(OCCCCCCCCO)cc2o1. The summed E-state index contributed by atoms with van der Waals surface area (Å²) in [5, 5.41) is 9.57. The molecule has 2 aromatic rings. The quantitative estimate of drug-likeness (QED) is 0.567. The number of aliphatic hydroxyl groups excluding tert-OH is 1. The summed E-state index contributed by atoms with van der Waals surface area (Å²) in [5.41, 5.74) is 0.214. The average molecular weight is 290 g/mol. The van der Waals surface area contributed by atoms with Crippen molar-refractivity contribution in [2.75, 3.05) is 13.2 Å². The van der Waals surface area contributed by atoms with E-state index in [0.717, 1.165) is 36.8 Å². The van der Waals surface area contributed by atoms with Gasteiger partial charge in [-0.1, -0.05) is 25.7 Å². The highest BCUT2D eigenvalue weighted by Crippen LogP contribution is 2.19. The number of hydrogen-bond acceptors (Lipinski definition) is 4. The van der Waals surface area contributed by atoms with Crippen LogP contribution in [0.15, 0.2) is 39.5 Å². The summed E-state index contributed by atoms with van der Waals surface area (Å²) in [5.74, 6) is 0.733. The van der Waals surface area contributed by atoms with E-state index in [0.29, 0.717) is 18.8 Å². The molecule has 0 bridgehead atoms. The predicted octanol–water partition coefficient (Wildman–Crippen LogP) is 3.50. The Morgan fingerprint density at radius 1 is 0.952 bits per heavy atom. The van der Waals surface area contributed by atoms with E-state index in [9.17, 15) is 4.79 Å². The molecule has 0 saturated carbocycles. The van der Waals surface area contributed by atoms with Crippen LogP contribution in [-0.2, 0) is 0 Å². The molecule has 0 saturated heterocycles. The minimum Gasteiger partial charge on any atom is -0.493 e. The number of unbranched alkanes of at least 4 members (excludes halogenated alkanes) is 5. The number of ether oxygens (including phenoxy) is 1. The largest absolute Gasteiger partial charge is 0.493 e. The molecule has 4 heteroatoms. The fourth-order valence-electron chi connectivity index (χ4n) is 2.24. The Balaban J connectivity index is 1.72. The van der Waals surface area contributed by atoms with Crippen LogP contribution in [0, 0.1) is 0 Å². The Morgan fingerprint density at radius 3 is 2.48 bits per heavy atom. The molecule has 1 N–H and O–H groups in total. The van der Waals surface area contributed by atoms with Crippen LogP contribution in [0.1, 0.15) is 38.5 Å². The first-order valence-corrected chi connectivity index (χ1v) is 7.57. The summed E-state index contributed by atoms with van der Waals surface area (Å²) in [4.78, 5) is 11.2. The first kappa shape index (κ1) is 15.6. The van der Waals surface area contributed by atoms with Gasteiger partial charge in [-0.15, -0.1) is 0 Å². The second-order valence-corrected chi connectivity index (χ2v) is 5.15. The van der Waals surface area contributed by atoms with Gasteiger partial charge < -0.3 is 14.3 Å². The molecule has 21 heavy (non-hydrogen) atoms. The third kappa shape index (κ3) is 5.23. The molecule has 0 aliphatic carbocycles. The van der Waals surface area contributed by atoms with Crippen LogP contribution in [-0.4, -0.2) is 18.3 Å². The van der Waals surface area contributed by atoms with Gasteiger partial charge in [-0.2, -0.15) is 0 Å². The topological polar surface area (TPSA) is 59.7 Å². The summed E-state index contributed by atoms with van der Waals surface area (Å²) < 4.78 is 10.8. The van der Waals surface area contributed by atoms with Crippen molar-refractivity contribution in [2.24, 2.45) is 0 Å². The van der Waals surface area contributed by atoms with Gasteiger partial charge in [0.05, 0.1) is 6.61 Å². The molecule has 0 atom stereocenters. The van der Waals surface area contributed by atoms with Crippen LogP contribution in [0.3, 0.4) is 0 Å². The van der Waals surface area contributed by atoms with E-state index in [1.165, 1.54) is 18.9 Å². The second-order valence-electron chi connectivity index (χ2n) is 5.15. The molecule has 0 aliphatic heterocycles. The minimum atomic E-state index is -0.345. The van der Waals surface area contributed by atoms with E-state index in [4.69, 9.17) is 14.3 Å². The Hall–Kier alpha value is -1.81. The van der Waals surface area contributed by atoms with Crippen LogP contribution in [0.4, 0.5) is 0 Å². The monoisotopic (exact) mass is 290 g/mol. The number of rotatable bonds is 9. The molecule has 0 amide bonds. The smallest absolute Gasteiger partial charge is 0.336 e. The Kier molecular flexibility index (Phi) is 6.28. The zero-order valence-corrected chi connectivity index (χ0v) is 12.2. The Labute approximate surface area is 124 Å². The lowest BCUT2D eigenvalue weighted by Gasteiger charge is -2.06. The van der Waals surface area contributed by atoms with E-state index in [2.05, 4.69) is 0 Å². The molecule has 114 valence electrons. The Bertz CT molecular complexity index is 603. The van der Waals surface area contributed by atoms with E-state index < -0.39 is 0 Å². The third-order valence-corrected chi connectivity index (χ3v) is 3.42. The normalized spacial score (nSPS) is 10.9. The highest BCUT2D eigenvalue weighted by atomic mass is 16.5. The van der Waals surface area contributed by atoms with Gasteiger partial charge in [0.25, 0.3) is 0 Å². The summed E-state index contributed by atoms with van der Waals surface area (Å²) in [7, 11) is 0. The van der Waals surface area contributed by atoms with E-state index >= 15 is 0 Å². The standard InChI is InChI=1S/C17H22O4/c18-11-5-3-1-2-4-6-12-20-15-9-7-14-8-10-17(19)21-16(14)13-15/h7-10,13,18H,1-6,11-12H2. The highest BCUT2D eigenvalue weighted by Gasteiger charge is 2.00. The summed E-state index contributed by atoms with van der Waals surface area (Å²) in [6.45, 7) is 0.962. The van der Waals surface area contributed by atoms with Gasteiger partial charge in [0.15, 0.2) is 0 Å². The van der Waals surface area contributed by atoms with Crippen molar-refractivity contribution in [3.05, 3.63) is 40.8 Å². The number of fused-ring (bicyclic) bond motifs is 1. The van der Waals surface area contributed by atoms with Crippen molar-refractivity contribution in [2.45, 2.75) is 38.5 Å². The van der Waals surface area contributed by atoms with Gasteiger partial charge in [-0.3, -0.25) is 0 Å². The molecular weight excluding hydrogens is 268 g/mol. The van der Waals surface area contributed by atoms with Gasteiger partial charge >= 0.3 is 5.63 Å². The van der Waals surface area contributed by atoms with E-state index in [-0.39, 0.29) is 5.63 Å². The van der Waals surface area contributed by atoms with Crippen molar-refractivity contribution >= 4 is 11.0 Å². The van der Waals surface area contributed by atoms with Crippen molar-refractivity contribution in [1.29, 1.82) is 0 Å². The average Bonchev–Trinajstić information content (AvgIpc) is 2.49. The van der Waals surface area contributed by atoms with Crippen LogP contribution in [0.25, 0.3) is 11.0 Å². The molecule has 1 aromatic carbocycles. The first-order chi connectivity index (χ1) is 10.3. The lowest BCUT2D eigenvalue weighted by Crippen LogP contribution is -1.98. The van der Waals surface area contributed by atoms with Gasteiger partial charge in [-0.25, -0.2) is 4.79 Å². The minimum absolute atomic E-state index is 0.293. The maximum atomic E-state index is 11.2. The maximum Gasteiger partial charge on any atom is 0.336 e. The van der Waals surface area contributed by atoms with Gasteiger partial charge in [0.2, 0.25) is 0 Å². The molecule has 0 aliphatic rings.